The average Bonchev–Trinajstić information content (AvgIpc) is 2.70. The van der Waals surface area contributed by atoms with E-state index in [0.717, 1.165) is 21.2 Å². The van der Waals surface area contributed by atoms with Crippen molar-refractivity contribution in [1.29, 1.82) is 0 Å². The number of aromatic nitrogens is 2. The van der Waals surface area contributed by atoms with Gasteiger partial charge in [-0.15, -0.1) is 0 Å². The molecule has 0 radical (unpaired) electrons. The van der Waals surface area contributed by atoms with Crippen LogP contribution in [0.15, 0.2) is 40.9 Å². The van der Waals surface area contributed by atoms with Crippen molar-refractivity contribution in [2.24, 2.45) is 0 Å². The van der Waals surface area contributed by atoms with Crippen LogP contribution in [0.2, 0.25) is 0 Å². The van der Waals surface area contributed by atoms with E-state index in [-0.39, 0.29) is 5.82 Å². The summed E-state index contributed by atoms with van der Waals surface area (Å²) in [5.41, 5.74) is 3.19. The van der Waals surface area contributed by atoms with E-state index in [1.54, 1.807) is 6.07 Å². The SMILES string of the molecule is Cc1ccc(Br)cc1-n1c(=S)[nH]c2c(F)cccc21. The van der Waals surface area contributed by atoms with Gasteiger partial charge in [0, 0.05) is 4.47 Å². The molecule has 0 saturated carbocycles. The van der Waals surface area contributed by atoms with Gasteiger partial charge in [0.1, 0.15) is 11.3 Å². The number of hydrogen-bond acceptors (Lipinski definition) is 1. The predicted octanol–water partition coefficient (Wildman–Crippen LogP) is 4.90. The Morgan fingerprint density at radius 2 is 2.05 bits per heavy atom. The van der Waals surface area contributed by atoms with Crippen molar-refractivity contribution in [1.82, 2.24) is 9.55 Å². The van der Waals surface area contributed by atoms with Crippen molar-refractivity contribution in [2.45, 2.75) is 6.92 Å². The number of H-pyrrole nitrogens is 1. The van der Waals surface area contributed by atoms with Gasteiger partial charge in [0.2, 0.25) is 0 Å². The molecule has 2 nitrogen and oxygen atoms in total. The number of halogens is 2. The van der Waals surface area contributed by atoms with Gasteiger partial charge >= 0.3 is 0 Å². The smallest absolute Gasteiger partial charge is 0.182 e. The van der Waals surface area contributed by atoms with Gasteiger partial charge in [-0.2, -0.15) is 0 Å². The zero-order chi connectivity index (χ0) is 13.6. The van der Waals surface area contributed by atoms with Crippen LogP contribution < -0.4 is 0 Å². The van der Waals surface area contributed by atoms with Crippen molar-refractivity contribution in [3.05, 3.63) is 57.0 Å². The highest BCUT2D eigenvalue weighted by atomic mass is 79.9. The third kappa shape index (κ3) is 2.03. The molecule has 3 aromatic rings. The van der Waals surface area contributed by atoms with Crippen molar-refractivity contribution in [3.63, 3.8) is 0 Å². The van der Waals surface area contributed by atoms with Gasteiger partial charge in [-0.25, -0.2) is 4.39 Å². The first kappa shape index (κ1) is 12.6. The zero-order valence-electron chi connectivity index (χ0n) is 10.1. The molecule has 0 unspecified atom stereocenters. The van der Waals surface area contributed by atoms with Crippen LogP contribution in [-0.2, 0) is 0 Å². The quantitative estimate of drug-likeness (QED) is 0.627. The average molecular weight is 337 g/mol. The van der Waals surface area contributed by atoms with E-state index in [4.69, 9.17) is 12.2 Å². The molecule has 5 heteroatoms. The molecule has 0 saturated heterocycles. The van der Waals surface area contributed by atoms with E-state index in [2.05, 4.69) is 20.9 Å². The van der Waals surface area contributed by atoms with Gasteiger partial charge in [-0.1, -0.05) is 28.1 Å². The van der Waals surface area contributed by atoms with E-state index in [1.165, 1.54) is 6.07 Å². The molecule has 2 aromatic carbocycles. The fraction of sp³-hybridized carbons (Fsp3) is 0.0714. The second-order valence-corrected chi connectivity index (χ2v) is 5.63. The lowest BCUT2D eigenvalue weighted by Crippen LogP contribution is -1.97. The van der Waals surface area contributed by atoms with E-state index in [0.29, 0.717) is 10.3 Å². The van der Waals surface area contributed by atoms with Crippen LogP contribution in [-0.4, -0.2) is 9.55 Å². The molecule has 0 aliphatic heterocycles. The highest BCUT2D eigenvalue weighted by Gasteiger charge is 2.11. The number of fused-ring (bicyclic) bond motifs is 1. The monoisotopic (exact) mass is 336 g/mol. The molecule has 1 aromatic heterocycles. The number of benzene rings is 2. The fourth-order valence-electron chi connectivity index (χ4n) is 2.16. The third-order valence-electron chi connectivity index (χ3n) is 3.08. The summed E-state index contributed by atoms with van der Waals surface area (Å²) in [5.74, 6) is -0.296. The van der Waals surface area contributed by atoms with E-state index < -0.39 is 0 Å². The Kier molecular flexibility index (Phi) is 3.03. The molecule has 0 aliphatic rings. The molecule has 0 bridgehead atoms. The van der Waals surface area contributed by atoms with Gasteiger partial charge in [0.05, 0.1) is 11.2 Å². The summed E-state index contributed by atoms with van der Waals surface area (Å²) < 4.78 is 17.1. The first-order valence-electron chi connectivity index (χ1n) is 5.73. The van der Waals surface area contributed by atoms with Crippen LogP contribution in [0, 0.1) is 17.5 Å². The minimum Gasteiger partial charge on any atom is -0.328 e. The number of nitrogens with one attached hydrogen (secondary N) is 1. The summed E-state index contributed by atoms with van der Waals surface area (Å²) >= 11 is 8.78. The maximum absolute atomic E-state index is 13.8. The Labute approximate surface area is 123 Å². The predicted molar refractivity (Wildman–Crippen MR) is 80.9 cm³/mol. The Morgan fingerprint density at radius 3 is 2.84 bits per heavy atom. The Balaban J connectivity index is 2.43. The molecule has 0 atom stereocenters. The topological polar surface area (TPSA) is 20.7 Å². The molecule has 1 N–H and O–H groups in total. The molecule has 0 amide bonds. The number of nitrogens with zero attached hydrogens (tertiary/aromatic N) is 1. The molecule has 96 valence electrons. The largest absolute Gasteiger partial charge is 0.328 e. The van der Waals surface area contributed by atoms with E-state index in [9.17, 15) is 4.39 Å². The number of hydrogen-bond donors (Lipinski definition) is 1. The fourth-order valence-corrected chi connectivity index (χ4v) is 2.81. The highest BCUT2D eigenvalue weighted by molar-refractivity contribution is 9.10. The summed E-state index contributed by atoms with van der Waals surface area (Å²) in [6, 6.07) is 10.9. The van der Waals surface area contributed by atoms with Crippen molar-refractivity contribution >= 4 is 39.2 Å². The number of rotatable bonds is 1. The lowest BCUT2D eigenvalue weighted by atomic mass is 10.2. The second-order valence-electron chi connectivity index (χ2n) is 4.33. The van der Waals surface area contributed by atoms with Gasteiger partial charge < -0.3 is 4.98 Å². The highest BCUT2D eigenvalue weighted by Crippen LogP contribution is 2.25. The molecular weight excluding hydrogens is 327 g/mol. The van der Waals surface area contributed by atoms with Crippen molar-refractivity contribution in [2.75, 3.05) is 0 Å². The number of aryl methyl sites for hydroxylation is 1. The lowest BCUT2D eigenvalue weighted by Gasteiger charge is -2.09. The van der Waals surface area contributed by atoms with E-state index >= 15 is 0 Å². The summed E-state index contributed by atoms with van der Waals surface area (Å²) in [5, 5.41) is 0. The molecule has 3 rings (SSSR count). The molecule has 0 fully saturated rings. The van der Waals surface area contributed by atoms with Crippen molar-refractivity contribution in [3.8, 4) is 5.69 Å². The van der Waals surface area contributed by atoms with Gasteiger partial charge in [0.15, 0.2) is 4.77 Å². The Hall–Kier alpha value is -1.46. The molecular formula is C14H10BrFN2S. The van der Waals surface area contributed by atoms with Crippen LogP contribution in [0.3, 0.4) is 0 Å². The van der Waals surface area contributed by atoms with Gasteiger partial charge in [0.25, 0.3) is 0 Å². The molecule has 19 heavy (non-hydrogen) atoms. The summed E-state index contributed by atoms with van der Waals surface area (Å²) in [7, 11) is 0. The molecule has 1 heterocycles. The Bertz CT molecular complexity index is 835. The van der Waals surface area contributed by atoms with Gasteiger partial charge in [-0.3, -0.25) is 4.57 Å². The number of aromatic amines is 1. The number of imidazole rings is 1. The standard InChI is InChI=1S/C14H10BrFN2S/c1-8-5-6-9(15)7-12(8)18-11-4-2-3-10(16)13(11)17-14(18)19/h2-7H,1H3,(H,17,19). The van der Waals surface area contributed by atoms with Crippen LogP contribution in [0.1, 0.15) is 5.56 Å². The first-order valence-corrected chi connectivity index (χ1v) is 6.94. The molecule has 0 spiro atoms. The maximum atomic E-state index is 13.8. The van der Waals surface area contributed by atoms with Crippen LogP contribution in [0.25, 0.3) is 16.7 Å². The second kappa shape index (κ2) is 4.58. The minimum absolute atomic E-state index is 0.296. The normalized spacial score (nSPS) is 11.1. The van der Waals surface area contributed by atoms with Crippen LogP contribution in [0.5, 0.6) is 0 Å². The van der Waals surface area contributed by atoms with Crippen molar-refractivity contribution < 1.29 is 4.39 Å². The summed E-state index contributed by atoms with van der Waals surface area (Å²) in [6.45, 7) is 2.00. The molecule has 0 aliphatic carbocycles. The minimum atomic E-state index is -0.296. The van der Waals surface area contributed by atoms with Crippen LogP contribution >= 0.6 is 28.1 Å². The summed E-state index contributed by atoms with van der Waals surface area (Å²) in [6.07, 6.45) is 0. The maximum Gasteiger partial charge on any atom is 0.182 e. The lowest BCUT2D eigenvalue weighted by molar-refractivity contribution is 0.637. The zero-order valence-corrected chi connectivity index (χ0v) is 12.5. The number of para-hydroxylation sites is 1. The van der Waals surface area contributed by atoms with Gasteiger partial charge in [-0.05, 0) is 49.0 Å². The summed E-state index contributed by atoms with van der Waals surface area (Å²) in [4.78, 5) is 2.93. The van der Waals surface area contributed by atoms with Crippen LogP contribution in [0.4, 0.5) is 4.39 Å². The third-order valence-corrected chi connectivity index (χ3v) is 3.86. The first-order chi connectivity index (χ1) is 9.08. The Morgan fingerprint density at radius 1 is 1.26 bits per heavy atom. The van der Waals surface area contributed by atoms with E-state index in [1.807, 2.05) is 35.8 Å².